The molecular formula is C27H35FN6O2. The number of alkyl halides is 1. The topological polar surface area (TPSA) is 86.5 Å². The van der Waals surface area contributed by atoms with E-state index < -0.39 is 6.17 Å². The third kappa shape index (κ3) is 4.60. The van der Waals surface area contributed by atoms with Gasteiger partial charge in [0.1, 0.15) is 11.8 Å². The van der Waals surface area contributed by atoms with E-state index in [1.807, 2.05) is 16.7 Å². The molecule has 1 saturated heterocycles. The van der Waals surface area contributed by atoms with Gasteiger partial charge in [0.2, 0.25) is 5.95 Å². The van der Waals surface area contributed by atoms with Crippen molar-refractivity contribution in [1.82, 2.24) is 24.3 Å². The predicted molar refractivity (Wildman–Crippen MR) is 139 cm³/mol. The molecule has 8 nitrogen and oxygen atoms in total. The first kappa shape index (κ1) is 23.8. The lowest BCUT2D eigenvalue weighted by atomic mass is 9.91. The molecule has 9 heteroatoms. The van der Waals surface area contributed by atoms with Gasteiger partial charge in [0, 0.05) is 61.8 Å². The number of likely N-dealkylation sites (N-methyl/N-ethyl adjacent to an activating group) is 1. The van der Waals surface area contributed by atoms with Crippen molar-refractivity contribution in [2.24, 2.45) is 0 Å². The monoisotopic (exact) mass is 494 g/mol. The summed E-state index contributed by atoms with van der Waals surface area (Å²) in [5, 5.41) is 15.7. The number of fused-ring (bicyclic) bond motifs is 3. The molecule has 3 aliphatic rings. The second-order valence-corrected chi connectivity index (χ2v) is 10.9. The predicted octanol–water partition coefficient (Wildman–Crippen LogP) is 3.08. The van der Waals surface area contributed by atoms with Crippen molar-refractivity contribution >= 4 is 27.8 Å². The third-order valence-electron chi connectivity index (χ3n) is 8.27. The summed E-state index contributed by atoms with van der Waals surface area (Å²) in [6, 6.07) is 6.21. The highest BCUT2D eigenvalue weighted by Crippen LogP contribution is 2.33. The Hall–Kier alpha value is -2.62. The molecule has 3 fully saturated rings. The van der Waals surface area contributed by atoms with Gasteiger partial charge in [-0.2, -0.15) is 4.98 Å². The highest BCUT2D eigenvalue weighted by atomic mass is 19.1. The molecule has 2 aliphatic carbocycles. The SMILES string of the molecule is CN1CCN(Cc2ccc3c(c2)c(=O)n([C@H]2CC[C@H](O)CC2)c2nc(NC4CC(F)C4)ncc32)CC1. The molecule has 0 atom stereocenters. The number of nitrogens with zero attached hydrogens (tertiary/aromatic N) is 5. The Kier molecular flexibility index (Phi) is 6.39. The highest BCUT2D eigenvalue weighted by molar-refractivity contribution is 6.04. The Labute approximate surface area is 210 Å². The summed E-state index contributed by atoms with van der Waals surface area (Å²) >= 11 is 0. The average Bonchev–Trinajstić information content (AvgIpc) is 2.86. The summed E-state index contributed by atoms with van der Waals surface area (Å²) in [6.07, 6.45) is 4.48. The molecule has 192 valence electrons. The minimum absolute atomic E-state index is 0.0178. The van der Waals surface area contributed by atoms with Crippen LogP contribution in [0.3, 0.4) is 0 Å². The molecule has 0 spiro atoms. The fourth-order valence-corrected chi connectivity index (χ4v) is 5.91. The summed E-state index contributed by atoms with van der Waals surface area (Å²) in [5.74, 6) is 0.439. The number of hydrogen-bond acceptors (Lipinski definition) is 7. The summed E-state index contributed by atoms with van der Waals surface area (Å²) in [6.45, 7) is 4.98. The van der Waals surface area contributed by atoms with Crippen molar-refractivity contribution in [2.45, 2.75) is 69.4 Å². The van der Waals surface area contributed by atoms with Crippen molar-refractivity contribution in [3.05, 3.63) is 40.3 Å². The lowest BCUT2D eigenvalue weighted by Gasteiger charge is -2.32. The lowest BCUT2D eigenvalue weighted by Crippen LogP contribution is -2.43. The minimum atomic E-state index is -0.765. The van der Waals surface area contributed by atoms with E-state index >= 15 is 0 Å². The number of aliphatic hydroxyl groups excluding tert-OH is 1. The van der Waals surface area contributed by atoms with Crippen LogP contribution in [0.15, 0.2) is 29.2 Å². The van der Waals surface area contributed by atoms with E-state index in [-0.39, 0.29) is 23.7 Å². The van der Waals surface area contributed by atoms with Crippen molar-refractivity contribution in [1.29, 1.82) is 0 Å². The third-order valence-corrected chi connectivity index (χ3v) is 8.27. The largest absolute Gasteiger partial charge is 0.393 e. The standard InChI is InChI=1S/C27H35FN6O2/c1-32-8-10-33(11-9-32)16-17-2-7-22-23(12-17)26(36)34(20-3-5-21(35)6-4-20)25-24(22)15-29-27(31-25)30-19-13-18(28)14-19/h2,7,12,15,18-21,35H,3-6,8-11,13-14,16H2,1H3,(H,29,30,31)/t18?,19?,20-,21-. The van der Waals surface area contributed by atoms with Crippen molar-refractivity contribution in [2.75, 3.05) is 38.5 Å². The van der Waals surface area contributed by atoms with Crippen LogP contribution in [-0.2, 0) is 6.54 Å². The number of halogens is 1. The fraction of sp³-hybridized carbons (Fsp3) is 0.593. The molecule has 6 rings (SSSR count). The fourth-order valence-electron chi connectivity index (χ4n) is 5.91. The van der Waals surface area contributed by atoms with Gasteiger partial charge < -0.3 is 15.3 Å². The maximum Gasteiger partial charge on any atom is 0.260 e. The van der Waals surface area contributed by atoms with E-state index in [1.54, 1.807) is 6.20 Å². The number of pyridine rings is 1. The van der Waals surface area contributed by atoms with Crippen LogP contribution >= 0.6 is 0 Å². The van der Waals surface area contributed by atoms with Crippen molar-refractivity contribution in [3.63, 3.8) is 0 Å². The second kappa shape index (κ2) is 9.68. The number of rotatable bonds is 5. The highest BCUT2D eigenvalue weighted by Gasteiger charge is 2.30. The Morgan fingerprint density at radius 1 is 1.06 bits per heavy atom. The maximum atomic E-state index is 14.0. The van der Waals surface area contributed by atoms with Crippen LogP contribution in [0.25, 0.3) is 21.8 Å². The van der Waals surface area contributed by atoms with Crippen LogP contribution in [0.5, 0.6) is 0 Å². The molecule has 2 N–H and O–H groups in total. The molecule has 0 amide bonds. The summed E-state index contributed by atoms with van der Waals surface area (Å²) in [7, 11) is 2.15. The number of piperazine rings is 1. The first-order chi connectivity index (χ1) is 17.4. The zero-order valence-electron chi connectivity index (χ0n) is 20.9. The minimum Gasteiger partial charge on any atom is -0.393 e. The van der Waals surface area contributed by atoms with Gasteiger partial charge in [0.15, 0.2) is 0 Å². The van der Waals surface area contributed by atoms with Gasteiger partial charge in [-0.05, 0) is 62.6 Å². The van der Waals surface area contributed by atoms with Crippen LogP contribution in [0.4, 0.5) is 10.3 Å². The van der Waals surface area contributed by atoms with E-state index in [9.17, 15) is 14.3 Å². The van der Waals surface area contributed by atoms with Crippen molar-refractivity contribution < 1.29 is 9.50 Å². The van der Waals surface area contributed by atoms with Crippen LogP contribution in [0.2, 0.25) is 0 Å². The number of nitrogens with one attached hydrogen (secondary N) is 1. The normalized spacial score (nSPS) is 27.9. The molecule has 3 heterocycles. The number of aliphatic hydroxyl groups is 1. The van der Waals surface area contributed by atoms with Crippen LogP contribution < -0.4 is 10.9 Å². The van der Waals surface area contributed by atoms with Gasteiger partial charge in [-0.3, -0.25) is 14.3 Å². The summed E-state index contributed by atoms with van der Waals surface area (Å²) in [5.41, 5.74) is 1.73. The van der Waals surface area contributed by atoms with Gasteiger partial charge in [-0.25, -0.2) is 9.37 Å². The lowest BCUT2D eigenvalue weighted by molar-refractivity contribution is 0.111. The van der Waals surface area contributed by atoms with Gasteiger partial charge in [-0.1, -0.05) is 12.1 Å². The molecule has 0 bridgehead atoms. The molecule has 2 saturated carbocycles. The van der Waals surface area contributed by atoms with E-state index in [2.05, 4.69) is 33.2 Å². The first-order valence-electron chi connectivity index (χ1n) is 13.3. The second-order valence-electron chi connectivity index (χ2n) is 10.9. The molecule has 2 aromatic heterocycles. The van der Waals surface area contributed by atoms with E-state index in [4.69, 9.17) is 4.98 Å². The molecule has 36 heavy (non-hydrogen) atoms. The zero-order valence-corrected chi connectivity index (χ0v) is 20.9. The molecule has 0 radical (unpaired) electrons. The Morgan fingerprint density at radius 3 is 2.53 bits per heavy atom. The number of benzene rings is 1. The number of aromatic nitrogens is 3. The molecule has 1 aromatic carbocycles. The van der Waals surface area contributed by atoms with Gasteiger partial charge in [-0.15, -0.1) is 0 Å². The Bertz CT molecular complexity index is 1310. The van der Waals surface area contributed by atoms with E-state index in [0.717, 1.165) is 61.9 Å². The van der Waals surface area contributed by atoms with Crippen LogP contribution in [-0.4, -0.2) is 81.0 Å². The van der Waals surface area contributed by atoms with Crippen LogP contribution in [0, 0.1) is 0 Å². The smallest absolute Gasteiger partial charge is 0.260 e. The molecular weight excluding hydrogens is 459 g/mol. The molecule has 0 unspecified atom stereocenters. The first-order valence-corrected chi connectivity index (χ1v) is 13.3. The number of anilines is 1. The summed E-state index contributed by atoms with van der Waals surface area (Å²) in [4.78, 5) is 28.1. The maximum absolute atomic E-state index is 14.0. The quantitative estimate of drug-likeness (QED) is 0.527. The van der Waals surface area contributed by atoms with Gasteiger partial charge >= 0.3 is 0 Å². The zero-order chi connectivity index (χ0) is 24.8. The Balaban J connectivity index is 1.41. The van der Waals surface area contributed by atoms with E-state index in [1.165, 1.54) is 0 Å². The van der Waals surface area contributed by atoms with Gasteiger partial charge in [0.25, 0.3) is 5.56 Å². The average molecular weight is 495 g/mol. The van der Waals surface area contributed by atoms with E-state index in [0.29, 0.717) is 42.7 Å². The Morgan fingerprint density at radius 2 is 1.81 bits per heavy atom. The van der Waals surface area contributed by atoms with Gasteiger partial charge in [0.05, 0.1) is 6.10 Å². The van der Waals surface area contributed by atoms with Crippen LogP contribution in [0.1, 0.15) is 50.1 Å². The summed E-state index contributed by atoms with van der Waals surface area (Å²) < 4.78 is 15.2. The molecule has 1 aliphatic heterocycles. The number of hydrogen-bond donors (Lipinski definition) is 2. The molecule has 3 aromatic rings. The van der Waals surface area contributed by atoms with Crippen molar-refractivity contribution in [3.8, 4) is 0 Å².